The van der Waals surface area contributed by atoms with Crippen LogP contribution >= 0.6 is 0 Å². The maximum Gasteiger partial charge on any atom is 0.263 e. The van der Waals surface area contributed by atoms with Crippen molar-refractivity contribution in [3.05, 3.63) is 29.6 Å². The van der Waals surface area contributed by atoms with Gasteiger partial charge in [0.2, 0.25) is 0 Å². The molecule has 6 heteroatoms. The Kier molecular flexibility index (Phi) is 4.77. The minimum atomic E-state index is -0.668. The molecule has 2 rings (SSSR count). The van der Waals surface area contributed by atoms with Crippen LogP contribution in [0.4, 0.5) is 4.39 Å². The second-order valence-electron chi connectivity index (χ2n) is 5.12. The fourth-order valence-corrected chi connectivity index (χ4v) is 2.38. The summed E-state index contributed by atoms with van der Waals surface area (Å²) in [6.07, 6.45) is 1.35. The molecule has 1 aliphatic rings. The number of benzene rings is 1. The number of halogens is 1. The van der Waals surface area contributed by atoms with E-state index in [1.807, 2.05) is 0 Å². The Labute approximate surface area is 123 Å². The molecule has 1 unspecified atom stereocenters. The summed E-state index contributed by atoms with van der Waals surface area (Å²) in [5.41, 5.74) is 0.559. The first-order valence-electron chi connectivity index (χ1n) is 6.97. The molecule has 1 amide bonds. The average Bonchev–Trinajstić information content (AvgIpc) is 3.01. The van der Waals surface area contributed by atoms with Gasteiger partial charge in [-0.15, -0.1) is 0 Å². The number of hydrogen-bond acceptors (Lipinski definition) is 4. The molecule has 0 radical (unpaired) electrons. The van der Waals surface area contributed by atoms with Gasteiger partial charge in [-0.05, 0) is 44.9 Å². The first-order chi connectivity index (χ1) is 10.0. The summed E-state index contributed by atoms with van der Waals surface area (Å²) >= 11 is 0. The maximum absolute atomic E-state index is 13.3. The van der Waals surface area contributed by atoms with E-state index in [-0.39, 0.29) is 11.6 Å². The lowest BCUT2D eigenvalue weighted by atomic mass is 10.1. The predicted molar refractivity (Wildman–Crippen MR) is 76.3 cm³/mol. The van der Waals surface area contributed by atoms with Gasteiger partial charge in [-0.2, -0.15) is 0 Å². The van der Waals surface area contributed by atoms with Crippen LogP contribution in [0.5, 0.6) is 5.75 Å². The highest BCUT2D eigenvalue weighted by Gasteiger charge is 2.25. The van der Waals surface area contributed by atoms with Crippen molar-refractivity contribution in [2.24, 2.45) is 5.16 Å². The number of nitrogens with zero attached hydrogens (tertiary/aromatic N) is 2. The maximum atomic E-state index is 13.3. The van der Waals surface area contributed by atoms with E-state index in [1.165, 1.54) is 25.1 Å². The lowest BCUT2D eigenvalue weighted by molar-refractivity contribution is -0.136. The number of likely N-dealkylation sites (tertiary alicyclic amines) is 1. The molecule has 5 nitrogen and oxygen atoms in total. The Hall–Kier alpha value is -2.11. The van der Waals surface area contributed by atoms with Crippen molar-refractivity contribution in [2.45, 2.75) is 32.8 Å². The van der Waals surface area contributed by atoms with E-state index in [4.69, 9.17) is 9.94 Å². The molecule has 1 N–H and O–H groups in total. The van der Waals surface area contributed by atoms with Crippen LogP contribution in [0.15, 0.2) is 23.4 Å². The Morgan fingerprint density at radius 1 is 1.43 bits per heavy atom. The fourth-order valence-electron chi connectivity index (χ4n) is 2.38. The Morgan fingerprint density at radius 3 is 2.71 bits per heavy atom. The smallest absolute Gasteiger partial charge is 0.263 e. The third-order valence-corrected chi connectivity index (χ3v) is 3.55. The van der Waals surface area contributed by atoms with Gasteiger partial charge in [0.1, 0.15) is 11.6 Å². The summed E-state index contributed by atoms with van der Waals surface area (Å²) in [6, 6.07) is 3.90. The van der Waals surface area contributed by atoms with E-state index in [0.717, 1.165) is 25.9 Å². The van der Waals surface area contributed by atoms with Crippen LogP contribution in [-0.4, -0.2) is 40.9 Å². The molecule has 1 aromatic rings. The normalized spacial score (nSPS) is 16.9. The van der Waals surface area contributed by atoms with Gasteiger partial charge >= 0.3 is 0 Å². The first-order valence-corrected chi connectivity index (χ1v) is 6.97. The molecule has 1 aromatic carbocycles. The van der Waals surface area contributed by atoms with Crippen LogP contribution in [-0.2, 0) is 4.79 Å². The Balaban J connectivity index is 2.16. The van der Waals surface area contributed by atoms with E-state index in [9.17, 15) is 9.18 Å². The molecule has 0 aromatic heterocycles. The van der Waals surface area contributed by atoms with Crippen LogP contribution in [0.2, 0.25) is 0 Å². The minimum absolute atomic E-state index is 0.0821. The number of rotatable bonds is 4. The zero-order valence-electron chi connectivity index (χ0n) is 12.2. The number of oxime groups is 1. The molecule has 0 aliphatic carbocycles. The van der Waals surface area contributed by atoms with Gasteiger partial charge in [-0.1, -0.05) is 5.16 Å². The third-order valence-electron chi connectivity index (χ3n) is 3.55. The van der Waals surface area contributed by atoms with Crippen molar-refractivity contribution in [1.29, 1.82) is 0 Å². The number of carbonyl (C=O) groups excluding carboxylic acids is 1. The van der Waals surface area contributed by atoms with Gasteiger partial charge in [-0.25, -0.2) is 4.39 Å². The Bertz CT molecular complexity index is 554. The van der Waals surface area contributed by atoms with Gasteiger partial charge in [0.25, 0.3) is 5.91 Å². The SMILES string of the molecule is C/C(=N\O)c1cc(F)ccc1OC(C)C(=O)N1CCCC1. The lowest BCUT2D eigenvalue weighted by Crippen LogP contribution is -2.38. The van der Waals surface area contributed by atoms with Gasteiger partial charge in [0.15, 0.2) is 6.10 Å². The molecule has 0 bridgehead atoms. The number of carbonyl (C=O) groups is 1. The molecule has 1 heterocycles. The van der Waals surface area contributed by atoms with Crippen molar-refractivity contribution < 1.29 is 19.1 Å². The summed E-state index contributed by atoms with van der Waals surface area (Å²) in [7, 11) is 0. The van der Waals surface area contributed by atoms with Gasteiger partial charge < -0.3 is 14.8 Å². The molecule has 21 heavy (non-hydrogen) atoms. The quantitative estimate of drug-likeness (QED) is 0.527. The monoisotopic (exact) mass is 294 g/mol. The molecular weight excluding hydrogens is 275 g/mol. The summed E-state index contributed by atoms with van der Waals surface area (Å²) in [6.45, 7) is 4.70. The number of ether oxygens (including phenoxy) is 1. The fraction of sp³-hybridized carbons (Fsp3) is 0.467. The molecule has 1 atom stereocenters. The Morgan fingerprint density at radius 2 is 2.10 bits per heavy atom. The standard InChI is InChI=1S/C15H19FN2O3/c1-10(17-20)13-9-12(16)5-6-14(13)21-11(2)15(19)18-7-3-4-8-18/h5-6,9,11,20H,3-4,7-8H2,1-2H3/b17-10+. The average molecular weight is 294 g/mol. The van der Waals surface area contributed by atoms with Crippen molar-refractivity contribution in [3.8, 4) is 5.75 Å². The highest BCUT2D eigenvalue weighted by Crippen LogP contribution is 2.23. The molecular formula is C15H19FN2O3. The van der Waals surface area contributed by atoms with E-state index in [2.05, 4.69) is 5.16 Å². The van der Waals surface area contributed by atoms with E-state index >= 15 is 0 Å². The zero-order chi connectivity index (χ0) is 15.4. The largest absolute Gasteiger partial charge is 0.480 e. The summed E-state index contributed by atoms with van der Waals surface area (Å²) in [5, 5.41) is 11.9. The second-order valence-corrected chi connectivity index (χ2v) is 5.12. The minimum Gasteiger partial charge on any atom is -0.480 e. The predicted octanol–water partition coefficient (Wildman–Crippen LogP) is 2.41. The third kappa shape index (κ3) is 3.51. The van der Waals surface area contributed by atoms with Crippen LogP contribution in [0, 0.1) is 5.82 Å². The number of hydrogen-bond donors (Lipinski definition) is 1. The number of amides is 1. The first kappa shape index (κ1) is 15.3. The van der Waals surface area contributed by atoms with Gasteiger partial charge in [0.05, 0.1) is 5.71 Å². The van der Waals surface area contributed by atoms with Gasteiger partial charge in [0, 0.05) is 18.7 Å². The van der Waals surface area contributed by atoms with Crippen LogP contribution < -0.4 is 4.74 Å². The van der Waals surface area contributed by atoms with E-state index in [1.54, 1.807) is 11.8 Å². The zero-order valence-corrected chi connectivity index (χ0v) is 12.2. The molecule has 1 fully saturated rings. The lowest BCUT2D eigenvalue weighted by Gasteiger charge is -2.22. The molecule has 114 valence electrons. The molecule has 0 spiro atoms. The highest BCUT2D eigenvalue weighted by atomic mass is 19.1. The van der Waals surface area contributed by atoms with Crippen molar-refractivity contribution in [2.75, 3.05) is 13.1 Å². The van der Waals surface area contributed by atoms with Crippen LogP contribution in [0.1, 0.15) is 32.3 Å². The van der Waals surface area contributed by atoms with Crippen molar-refractivity contribution >= 4 is 11.6 Å². The van der Waals surface area contributed by atoms with Crippen molar-refractivity contribution in [3.63, 3.8) is 0 Å². The summed E-state index contributed by atoms with van der Waals surface area (Å²) in [5.74, 6) is -0.216. The molecule has 1 saturated heterocycles. The van der Waals surface area contributed by atoms with Crippen molar-refractivity contribution in [1.82, 2.24) is 4.90 Å². The topological polar surface area (TPSA) is 62.1 Å². The molecule has 0 saturated carbocycles. The van der Waals surface area contributed by atoms with E-state index < -0.39 is 11.9 Å². The van der Waals surface area contributed by atoms with E-state index in [0.29, 0.717) is 11.3 Å². The van der Waals surface area contributed by atoms with Crippen LogP contribution in [0.3, 0.4) is 0 Å². The summed E-state index contributed by atoms with van der Waals surface area (Å²) < 4.78 is 19.0. The summed E-state index contributed by atoms with van der Waals surface area (Å²) in [4.78, 5) is 14.0. The highest BCUT2D eigenvalue weighted by molar-refractivity contribution is 6.00. The molecule has 1 aliphatic heterocycles. The van der Waals surface area contributed by atoms with Gasteiger partial charge in [-0.3, -0.25) is 4.79 Å². The van der Waals surface area contributed by atoms with Crippen LogP contribution in [0.25, 0.3) is 0 Å². The second kappa shape index (κ2) is 6.56.